The summed E-state index contributed by atoms with van der Waals surface area (Å²) >= 11 is 0. The van der Waals surface area contributed by atoms with Crippen LogP contribution in [0.2, 0.25) is 0 Å². The maximum absolute atomic E-state index is 11.4. The van der Waals surface area contributed by atoms with Gasteiger partial charge in [-0.2, -0.15) is 10.4 Å². The Morgan fingerprint density at radius 2 is 2.12 bits per heavy atom. The van der Waals surface area contributed by atoms with E-state index in [0.29, 0.717) is 0 Å². The molecule has 0 aromatic carbocycles. The largest absolute Gasteiger partial charge is 0.279 e. The summed E-state index contributed by atoms with van der Waals surface area (Å²) in [6.45, 7) is 0. The molecule has 1 fully saturated rings. The molecule has 1 saturated carbocycles. The van der Waals surface area contributed by atoms with E-state index in [1.165, 1.54) is 10.9 Å². The summed E-state index contributed by atoms with van der Waals surface area (Å²) in [6, 6.07) is 1.85. The number of nitrogens with zero attached hydrogens (tertiary/aromatic N) is 3. The lowest BCUT2D eigenvalue weighted by Crippen LogP contribution is -2.12. The van der Waals surface area contributed by atoms with Gasteiger partial charge in [0, 0.05) is 10.7 Å². The molecular weight excluding hydrogens is 250 g/mol. The van der Waals surface area contributed by atoms with Gasteiger partial charge in [0.1, 0.15) is 11.6 Å². The highest BCUT2D eigenvalue weighted by Gasteiger charge is 2.28. The minimum Gasteiger partial charge on any atom is -0.249 e. The first kappa shape index (κ1) is 11.4. The third-order valence-electron chi connectivity index (χ3n) is 2.77. The maximum Gasteiger partial charge on any atom is 0.279 e. The van der Waals surface area contributed by atoms with Crippen molar-refractivity contribution >= 4 is 19.7 Å². The molecule has 2 rings (SSSR count). The van der Waals surface area contributed by atoms with Crippen LogP contribution in [0.15, 0.2) is 11.2 Å². The number of aromatic nitrogens is 2. The lowest BCUT2D eigenvalue weighted by atomic mass is 10.2. The average molecular weight is 260 g/mol. The molecule has 0 aliphatic heterocycles. The molecule has 16 heavy (non-hydrogen) atoms. The molecule has 0 radical (unpaired) electrons. The van der Waals surface area contributed by atoms with Gasteiger partial charge in [-0.1, -0.05) is 12.8 Å². The Labute approximate surface area is 98.0 Å². The molecule has 1 aromatic rings. The first-order chi connectivity index (χ1) is 7.54. The molecule has 0 atom stereocenters. The third kappa shape index (κ3) is 1.93. The zero-order valence-corrected chi connectivity index (χ0v) is 10.00. The van der Waals surface area contributed by atoms with Gasteiger partial charge < -0.3 is 0 Å². The highest BCUT2D eigenvalue weighted by atomic mass is 35.7. The van der Waals surface area contributed by atoms with Crippen LogP contribution in [0.4, 0.5) is 0 Å². The minimum atomic E-state index is -3.92. The van der Waals surface area contributed by atoms with Crippen molar-refractivity contribution in [1.82, 2.24) is 9.78 Å². The molecule has 1 heterocycles. The van der Waals surface area contributed by atoms with Crippen LogP contribution in [0, 0.1) is 11.3 Å². The highest BCUT2D eigenvalue weighted by molar-refractivity contribution is 8.13. The first-order valence-corrected chi connectivity index (χ1v) is 7.27. The molecule has 0 unspecified atom stereocenters. The fourth-order valence-electron chi connectivity index (χ4n) is 2.08. The molecule has 86 valence electrons. The van der Waals surface area contributed by atoms with Crippen molar-refractivity contribution in [3.8, 4) is 6.07 Å². The number of halogens is 1. The SMILES string of the molecule is N#Cc1cnn(C2CCCC2)c1S(=O)(=O)Cl. The number of hydrogen-bond acceptors (Lipinski definition) is 4. The normalized spacial score (nSPS) is 17.5. The molecule has 0 N–H and O–H groups in total. The van der Waals surface area contributed by atoms with Crippen molar-refractivity contribution in [3.05, 3.63) is 11.8 Å². The molecule has 0 saturated heterocycles. The van der Waals surface area contributed by atoms with E-state index in [2.05, 4.69) is 5.10 Å². The van der Waals surface area contributed by atoms with Crippen LogP contribution in [0.1, 0.15) is 37.3 Å². The van der Waals surface area contributed by atoms with E-state index in [9.17, 15) is 8.42 Å². The number of hydrogen-bond donors (Lipinski definition) is 0. The van der Waals surface area contributed by atoms with Gasteiger partial charge in [-0.3, -0.25) is 0 Å². The van der Waals surface area contributed by atoms with Gasteiger partial charge in [-0.25, -0.2) is 13.1 Å². The summed E-state index contributed by atoms with van der Waals surface area (Å²) in [5.41, 5.74) is 0.0156. The van der Waals surface area contributed by atoms with Gasteiger partial charge in [0.15, 0.2) is 5.03 Å². The predicted molar refractivity (Wildman–Crippen MR) is 57.5 cm³/mol. The summed E-state index contributed by atoms with van der Waals surface area (Å²) in [6.07, 6.45) is 5.12. The van der Waals surface area contributed by atoms with E-state index in [4.69, 9.17) is 15.9 Å². The zero-order chi connectivity index (χ0) is 11.8. The maximum atomic E-state index is 11.4. The highest BCUT2D eigenvalue weighted by Crippen LogP contribution is 2.33. The van der Waals surface area contributed by atoms with Crippen LogP contribution >= 0.6 is 10.7 Å². The third-order valence-corrected chi connectivity index (χ3v) is 4.08. The second-order valence-corrected chi connectivity index (χ2v) is 6.28. The van der Waals surface area contributed by atoms with Gasteiger partial charge in [-0.05, 0) is 12.8 Å². The van der Waals surface area contributed by atoms with Crippen molar-refractivity contribution in [2.24, 2.45) is 0 Å². The van der Waals surface area contributed by atoms with E-state index >= 15 is 0 Å². The van der Waals surface area contributed by atoms with Crippen molar-refractivity contribution in [2.75, 3.05) is 0 Å². The molecule has 0 spiro atoms. The van der Waals surface area contributed by atoms with Crippen LogP contribution in [-0.2, 0) is 9.05 Å². The van der Waals surface area contributed by atoms with Crippen molar-refractivity contribution in [3.63, 3.8) is 0 Å². The zero-order valence-electron chi connectivity index (χ0n) is 8.43. The van der Waals surface area contributed by atoms with E-state index in [1.54, 1.807) is 6.07 Å². The lowest BCUT2D eigenvalue weighted by molar-refractivity contribution is 0.428. The van der Waals surface area contributed by atoms with Crippen LogP contribution < -0.4 is 0 Å². The monoisotopic (exact) mass is 259 g/mol. The minimum absolute atomic E-state index is 0.0156. The Kier molecular flexibility index (Phi) is 2.91. The van der Waals surface area contributed by atoms with Crippen molar-refractivity contribution in [2.45, 2.75) is 36.8 Å². The number of rotatable bonds is 2. The van der Waals surface area contributed by atoms with Crippen LogP contribution in [0.5, 0.6) is 0 Å². The van der Waals surface area contributed by atoms with E-state index in [0.717, 1.165) is 25.7 Å². The first-order valence-electron chi connectivity index (χ1n) is 4.96. The van der Waals surface area contributed by atoms with Gasteiger partial charge in [0.2, 0.25) is 0 Å². The van der Waals surface area contributed by atoms with E-state index in [-0.39, 0.29) is 16.6 Å². The van der Waals surface area contributed by atoms with Gasteiger partial charge in [0.25, 0.3) is 9.05 Å². The Morgan fingerprint density at radius 1 is 1.50 bits per heavy atom. The molecule has 0 bridgehead atoms. The number of nitriles is 1. The smallest absolute Gasteiger partial charge is 0.249 e. The molecule has 7 heteroatoms. The van der Waals surface area contributed by atoms with E-state index < -0.39 is 9.05 Å². The molecule has 5 nitrogen and oxygen atoms in total. The second-order valence-electron chi connectivity index (χ2n) is 3.80. The molecule has 0 amide bonds. The van der Waals surface area contributed by atoms with E-state index in [1.807, 2.05) is 0 Å². The van der Waals surface area contributed by atoms with Gasteiger partial charge in [-0.15, -0.1) is 0 Å². The lowest BCUT2D eigenvalue weighted by Gasteiger charge is -2.12. The molecular formula is C9H10ClN3O2S. The molecule has 1 aliphatic rings. The quantitative estimate of drug-likeness (QED) is 0.759. The van der Waals surface area contributed by atoms with Gasteiger partial charge >= 0.3 is 0 Å². The Balaban J connectivity index is 2.55. The molecule has 1 aromatic heterocycles. The van der Waals surface area contributed by atoms with Crippen molar-refractivity contribution < 1.29 is 8.42 Å². The summed E-state index contributed by atoms with van der Waals surface area (Å²) in [5, 5.41) is 12.6. The van der Waals surface area contributed by atoms with Crippen LogP contribution in [-0.4, -0.2) is 18.2 Å². The summed E-state index contributed by atoms with van der Waals surface area (Å²) in [5.74, 6) is 0. The molecule has 1 aliphatic carbocycles. The fraction of sp³-hybridized carbons (Fsp3) is 0.556. The Morgan fingerprint density at radius 3 is 2.62 bits per heavy atom. The van der Waals surface area contributed by atoms with Crippen LogP contribution in [0.25, 0.3) is 0 Å². The average Bonchev–Trinajstić information content (AvgIpc) is 2.84. The fourth-order valence-corrected chi connectivity index (χ4v) is 3.32. The standard InChI is InChI=1S/C9H10ClN3O2S/c10-16(14,15)9-7(5-11)6-12-13(9)8-3-1-2-4-8/h6,8H,1-4H2. The summed E-state index contributed by atoms with van der Waals surface area (Å²) in [7, 11) is 1.41. The van der Waals surface area contributed by atoms with Crippen molar-refractivity contribution in [1.29, 1.82) is 5.26 Å². The predicted octanol–water partition coefficient (Wildman–Crippen LogP) is 1.80. The topological polar surface area (TPSA) is 75.8 Å². The Hall–Kier alpha value is -1.06. The second kappa shape index (κ2) is 4.07. The van der Waals surface area contributed by atoms with Gasteiger partial charge in [0.05, 0.1) is 12.2 Å². The summed E-state index contributed by atoms with van der Waals surface area (Å²) in [4.78, 5) is 0. The Bertz CT molecular complexity index is 538. The summed E-state index contributed by atoms with van der Waals surface area (Å²) < 4.78 is 24.2. The van der Waals surface area contributed by atoms with Crippen LogP contribution in [0.3, 0.4) is 0 Å².